The Balaban J connectivity index is 1.69. The lowest BCUT2D eigenvalue weighted by molar-refractivity contribution is 0.582. The molecular formula is C17H16ClN3O2S2. The molecule has 1 aromatic carbocycles. The first-order valence-electron chi connectivity index (χ1n) is 7.59. The second-order valence-electron chi connectivity index (χ2n) is 5.32. The maximum absolute atomic E-state index is 12.3. The molecule has 2 heterocycles. The molecule has 1 N–H and O–H groups in total. The zero-order valence-electron chi connectivity index (χ0n) is 13.4. The molecule has 0 saturated carbocycles. The van der Waals surface area contributed by atoms with Crippen molar-refractivity contribution >= 4 is 33.0 Å². The molecule has 0 amide bonds. The van der Waals surface area contributed by atoms with Crippen molar-refractivity contribution in [1.82, 2.24) is 14.7 Å². The molecule has 0 saturated heterocycles. The fourth-order valence-corrected chi connectivity index (χ4v) is 4.89. The Morgan fingerprint density at radius 2 is 1.92 bits per heavy atom. The number of nitrogens with one attached hydrogen (secondary N) is 1. The van der Waals surface area contributed by atoms with Crippen LogP contribution in [0.1, 0.15) is 10.6 Å². The summed E-state index contributed by atoms with van der Waals surface area (Å²) in [6.45, 7) is 2.19. The fraction of sp³-hybridized carbons (Fsp3) is 0.176. The summed E-state index contributed by atoms with van der Waals surface area (Å²) >= 11 is 7.49. The molecule has 2 aromatic heterocycles. The van der Waals surface area contributed by atoms with E-state index in [0.29, 0.717) is 6.42 Å². The molecule has 5 nitrogen and oxygen atoms in total. The number of aryl methyl sites for hydroxylation is 1. The summed E-state index contributed by atoms with van der Waals surface area (Å²) in [5.74, 6) is 0. The number of nitrogens with zero attached hydrogens (tertiary/aromatic N) is 2. The molecule has 0 fully saturated rings. The monoisotopic (exact) mass is 393 g/mol. The zero-order chi connectivity index (χ0) is 17.9. The van der Waals surface area contributed by atoms with Gasteiger partial charge in [0.2, 0.25) is 10.0 Å². The van der Waals surface area contributed by atoms with Gasteiger partial charge in [0.25, 0.3) is 0 Å². The van der Waals surface area contributed by atoms with E-state index in [9.17, 15) is 8.42 Å². The number of thiazole rings is 1. The highest BCUT2D eigenvalue weighted by atomic mass is 35.5. The van der Waals surface area contributed by atoms with E-state index in [1.807, 2.05) is 25.1 Å². The quantitative estimate of drug-likeness (QED) is 0.693. The van der Waals surface area contributed by atoms with E-state index in [2.05, 4.69) is 14.7 Å². The van der Waals surface area contributed by atoms with Crippen LogP contribution in [0, 0.1) is 6.92 Å². The minimum atomic E-state index is -3.63. The van der Waals surface area contributed by atoms with Gasteiger partial charge in [0.1, 0.15) is 9.90 Å². The number of hydrogen-bond acceptors (Lipinski definition) is 5. The van der Waals surface area contributed by atoms with Crippen LogP contribution in [0.3, 0.4) is 0 Å². The lowest BCUT2D eigenvalue weighted by Crippen LogP contribution is -2.26. The van der Waals surface area contributed by atoms with Crippen molar-refractivity contribution in [3.05, 3.63) is 64.3 Å². The average Bonchev–Trinajstić information content (AvgIpc) is 2.97. The number of aromatic nitrogens is 2. The third-order valence-corrected chi connectivity index (χ3v) is 6.75. The lowest BCUT2D eigenvalue weighted by atomic mass is 10.3. The van der Waals surface area contributed by atoms with Crippen LogP contribution < -0.4 is 4.72 Å². The molecule has 0 aliphatic rings. The van der Waals surface area contributed by atoms with Crippen molar-refractivity contribution in [3.63, 3.8) is 0 Å². The molecular weight excluding hydrogens is 378 g/mol. The summed E-state index contributed by atoms with van der Waals surface area (Å²) in [5.41, 5.74) is 1.71. The van der Waals surface area contributed by atoms with Crippen molar-refractivity contribution in [2.24, 2.45) is 0 Å². The minimum absolute atomic E-state index is 0.0897. The van der Waals surface area contributed by atoms with Gasteiger partial charge in [0.05, 0.1) is 16.4 Å². The van der Waals surface area contributed by atoms with Gasteiger partial charge in [-0.25, -0.2) is 18.1 Å². The van der Waals surface area contributed by atoms with Gasteiger partial charge in [0.15, 0.2) is 0 Å². The maximum atomic E-state index is 12.3. The van der Waals surface area contributed by atoms with Gasteiger partial charge >= 0.3 is 0 Å². The Bertz CT molecular complexity index is 973. The predicted molar refractivity (Wildman–Crippen MR) is 100 cm³/mol. The highest BCUT2D eigenvalue weighted by Gasteiger charge is 2.17. The summed E-state index contributed by atoms with van der Waals surface area (Å²) < 4.78 is 27.3. The first-order chi connectivity index (χ1) is 12.0. The molecule has 0 spiro atoms. The fourth-order valence-electron chi connectivity index (χ4n) is 2.30. The Morgan fingerprint density at radius 1 is 1.16 bits per heavy atom. The van der Waals surface area contributed by atoms with Crippen LogP contribution in [0.2, 0.25) is 5.02 Å². The van der Waals surface area contributed by atoms with Crippen LogP contribution in [0.4, 0.5) is 0 Å². The summed E-state index contributed by atoms with van der Waals surface area (Å²) in [6, 6.07) is 12.1. The number of rotatable bonds is 6. The van der Waals surface area contributed by atoms with E-state index in [1.54, 1.807) is 24.4 Å². The second kappa shape index (κ2) is 7.61. The van der Waals surface area contributed by atoms with Gasteiger partial charge in [-0.1, -0.05) is 29.8 Å². The van der Waals surface area contributed by atoms with E-state index in [1.165, 1.54) is 17.4 Å². The molecule has 0 radical (unpaired) electrons. The van der Waals surface area contributed by atoms with E-state index in [0.717, 1.165) is 21.3 Å². The maximum Gasteiger partial charge on any atom is 0.242 e. The summed E-state index contributed by atoms with van der Waals surface area (Å²) in [4.78, 5) is 9.94. The van der Waals surface area contributed by atoms with Crippen LogP contribution >= 0.6 is 22.9 Å². The van der Waals surface area contributed by atoms with Gasteiger partial charge in [-0.15, -0.1) is 11.3 Å². The summed E-state index contributed by atoms with van der Waals surface area (Å²) in [7, 11) is -3.63. The highest BCUT2D eigenvalue weighted by Crippen LogP contribution is 2.26. The van der Waals surface area contributed by atoms with Crippen molar-refractivity contribution in [2.75, 3.05) is 6.54 Å². The van der Waals surface area contributed by atoms with Crippen molar-refractivity contribution in [3.8, 4) is 10.7 Å². The predicted octanol–water partition coefficient (Wildman–Crippen LogP) is 3.69. The number of benzene rings is 1. The molecule has 25 heavy (non-hydrogen) atoms. The number of halogens is 1. The molecule has 8 heteroatoms. The Kier molecular flexibility index (Phi) is 5.48. The molecule has 0 atom stereocenters. The zero-order valence-corrected chi connectivity index (χ0v) is 15.8. The number of pyridine rings is 1. The molecule has 130 valence electrons. The second-order valence-corrected chi connectivity index (χ2v) is 8.55. The molecule has 0 aliphatic heterocycles. The SMILES string of the molecule is Cc1nc(-c2ccccn2)sc1CCNS(=O)(=O)c1ccccc1Cl. The van der Waals surface area contributed by atoms with Gasteiger partial charge in [-0.3, -0.25) is 4.98 Å². The van der Waals surface area contributed by atoms with Gasteiger partial charge < -0.3 is 0 Å². The van der Waals surface area contributed by atoms with Gasteiger partial charge in [-0.2, -0.15) is 0 Å². The van der Waals surface area contributed by atoms with Crippen LogP contribution in [0.5, 0.6) is 0 Å². The first-order valence-corrected chi connectivity index (χ1v) is 10.3. The third-order valence-electron chi connectivity index (χ3n) is 3.55. The molecule has 0 bridgehead atoms. The van der Waals surface area contributed by atoms with Crippen molar-refractivity contribution in [2.45, 2.75) is 18.2 Å². The Labute approximate surface area is 155 Å². The molecule has 0 unspecified atom stereocenters. The topological polar surface area (TPSA) is 72.0 Å². The lowest BCUT2D eigenvalue weighted by Gasteiger charge is -2.07. The smallest absolute Gasteiger partial charge is 0.242 e. The Hall–Kier alpha value is -1.80. The van der Waals surface area contributed by atoms with Crippen molar-refractivity contribution < 1.29 is 8.42 Å². The van der Waals surface area contributed by atoms with E-state index in [-0.39, 0.29) is 16.5 Å². The number of hydrogen-bond donors (Lipinski definition) is 1. The van der Waals surface area contributed by atoms with Gasteiger partial charge in [0, 0.05) is 17.6 Å². The Morgan fingerprint density at radius 3 is 2.64 bits per heavy atom. The third kappa shape index (κ3) is 4.24. The van der Waals surface area contributed by atoms with Crippen LogP contribution in [-0.4, -0.2) is 24.9 Å². The summed E-state index contributed by atoms with van der Waals surface area (Å²) in [6.07, 6.45) is 2.28. The standard InChI is InChI=1S/C17H16ClN3O2S2/c1-12-15(24-17(21-12)14-7-4-5-10-19-14)9-11-20-25(22,23)16-8-3-2-6-13(16)18/h2-8,10,20H,9,11H2,1H3. The van der Waals surface area contributed by atoms with E-state index in [4.69, 9.17) is 11.6 Å². The average molecular weight is 394 g/mol. The van der Waals surface area contributed by atoms with Crippen LogP contribution in [0.25, 0.3) is 10.7 Å². The molecule has 0 aliphatic carbocycles. The van der Waals surface area contributed by atoms with Gasteiger partial charge in [-0.05, 0) is 37.6 Å². The first kappa shape index (κ1) is 18.0. The van der Waals surface area contributed by atoms with E-state index >= 15 is 0 Å². The minimum Gasteiger partial charge on any atom is -0.254 e. The summed E-state index contributed by atoms with van der Waals surface area (Å²) in [5, 5.41) is 1.04. The van der Waals surface area contributed by atoms with Crippen molar-refractivity contribution in [1.29, 1.82) is 0 Å². The number of sulfonamides is 1. The normalized spacial score (nSPS) is 11.6. The molecule has 3 rings (SSSR count). The van der Waals surface area contributed by atoms with Crippen LogP contribution in [-0.2, 0) is 16.4 Å². The molecule has 3 aromatic rings. The largest absolute Gasteiger partial charge is 0.254 e. The van der Waals surface area contributed by atoms with E-state index < -0.39 is 10.0 Å². The van der Waals surface area contributed by atoms with Crippen LogP contribution in [0.15, 0.2) is 53.6 Å². The highest BCUT2D eigenvalue weighted by molar-refractivity contribution is 7.89.